The summed E-state index contributed by atoms with van der Waals surface area (Å²) in [6, 6.07) is 13.3. The van der Waals surface area contributed by atoms with Gasteiger partial charge in [0.1, 0.15) is 12.8 Å². The number of benzene rings is 2. The monoisotopic (exact) mass is 506 g/mol. The van der Waals surface area contributed by atoms with Crippen molar-refractivity contribution in [2.24, 2.45) is 5.73 Å². The number of aryl methyl sites for hydroxylation is 2. The maximum absolute atomic E-state index is 14.1. The third kappa shape index (κ3) is 4.84. The van der Waals surface area contributed by atoms with Crippen molar-refractivity contribution in [3.63, 3.8) is 0 Å². The lowest BCUT2D eigenvalue weighted by molar-refractivity contribution is -0.0903. The molecule has 7 nitrogen and oxygen atoms in total. The van der Waals surface area contributed by atoms with E-state index in [9.17, 15) is 9.90 Å². The minimum Gasteiger partial charge on any atom is -0.376 e. The highest BCUT2D eigenvalue weighted by Crippen LogP contribution is 2.47. The van der Waals surface area contributed by atoms with Gasteiger partial charge < -0.3 is 15.7 Å². The van der Waals surface area contributed by atoms with Gasteiger partial charge in [-0.15, -0.1) is 11.3 Å². The Bertz CT molecular complexity index is 1200. The van der Waals surface area contributed by atoms with E-state index in [2.05, 4.69) is 42.5 Å². The van der Waals surface area contributed by atoms with E-state index in [0.29, 0.717) is 5.56 Å². The summed E-state index contributed by atoms with van der Waals surface area (Å²) in [6.07, 6.45) is 2.78. The van der Waals surface area contributed by atoms with E-state index in [0.717, 1.165) is 53.6 Å². The number of nitrogens with one attached hydrogen (secondary N) is 1. The number of carbonyl (C=O) groups is 1. The van der Waals surface area contributed by atoms with Gasteiger partial charge in [-0.1, -0.05) is 54.8 Å². The first kappa shape index (κ1) is 25.0. The van der Waals surface area contributed by atoms with E-state index in [4.69, 9.17) is 10.6 Å². The van der Waals surface area contributed by atoms with Crippen molar-refractivity contribution in [2.45, 2.75) is 76.4 Å². The number of hydroxylamine groups is 1. The Morgan fingerprint density at radius 2 is 2.00 bits per heavy atom. The fraction of sp³-hybridized carbons (Fsp3) is 0.429. The van der Waals surface area contributed by atoms with Gasteiger partial charge in [0, 0.05) is 23.0 Å². The number of nitrogens with two attached hydrogens (primary N) is 1. The third-order valence-electron chi connectivity index (χ3n) is 7.56. The average molecular weight is 507 g/mol. The normalized spacial score (nSPS) is 25.0. The summed E-state index contributed by atoms with van der Waals surface area (Å²) >= 11 is 1.50. The molecule has 2 aliphatic rings. The number of thiazole rings is 1. The molecule has 3 aromatic rings. The molecule has 0 spiro atoms. The summed E-state index contributed by atoms with van der Waals surface area (Å²) in [5.74, 6) is -0.477. The molecule has 8 heteroatoms. The molecule has 1 aliphatic heterocycles. The van der Waals surface area contributed by atoms with Crippen LogP contribution in [0.4, 0.5) is 0 Å². The first-order chi connectivity index (χ1) is 17.5. The summed E-state index contributed by atoms with van der Waals surface area (Å²) < 4.78 is 0. The van der Waals surface area contributed by atoms with Crippen LogP contribution in [-0.4, -0.2) is 39.2 Å². The van der Waals surface area contributed by atoms with Gasteiger partial charge in [-0.3, -0.25) is 9.63 Å². The molecule has 5 rings (SSSR count). The van der Waals surface area contributed by atoms with Gasteiger partial charge in [-0.25, -0.2) is 4.98 Å². The molecule has 5 unspecified atom stereocenters. The number of aliphatic hydroxyl groups excluding tert-OH is 1. The van der Waals surface area contributed by atoms with Crippen molar-refractivity contribution in [2.75, 3.05) is 0 Å². The Labute approximate surface area is 216 Å². The molecule has 1 amide bonds. The van der Waals surface area contributed by atoms with Crippen LogP contribution in [0.1, 0.15) is 75.9 Å². The number of hydrogen-bond donors (Lipinski definition) is 3. The summed E-state index contributed by atoms with van der Waals surface area (Å²) in [4.78, 5) is 26.0. The lowest BCUT2D eigenvalue weighted by Gasteiger charge is -2.50. The summed E-state index contributed by atoms with van der Waals surface area (Å²) in [7, 11) is 0. The predicted octanol–water partition coefficient (Wildman–Crippen LogP) is 4.35. The zero-order valence-corrected chi connectivity index (χ0v) is 21.6. The highest BCUT2D eigenvalue weighted by molar-refractivity contribution is 7.07. The molecule has 0 bridgehead atoms. The van der Waals surface area contributed by atoms with E-state index in [1.165, 1.54) is 11.3 Å². The Morgan fingerprint density at radius 1 is 1.19 bits per heavy atom. The quantitative estimate of drug-likeness (QED) is 0.325. The molecule has 1 fully saturated rings. The molecule has 2 heterocycles. The number of aromatic nitrogens is 1. The van der Waals surface area contributed by atoms with Crippen molar-refractivity contribution < 1.29 is 14.7 Å². The van der Waals surface area contributed by atoms with Gasteiger partial charge in [0.05, 0.1) is 23.2 Å². The van der Waals surface area contributed by atoms with Crippen LogP contribution in [0.25, 0.3) is 0 Å². The van der Waals surface area contributed by atoms with Crippen LogP contribution in [0, 0.1) is 13.8 Å². The number of fused-ring (bicyclic) bond motifs is 1. The Hall–Kier alpha value is -2.62. The van der Waals surface area contributed by atoms with Crippen molar-refractivity contribution in [1.82, 2.24) is 15.4 Å². The summed E-state index contributed by atoms with van der Waals surface area (Å²) in [5, 5.41) is 13.5. The molecule has 2 aromatic carbocycles. The van der Waals surface area contributed by atoms with Gasteiger partial charge in [0.25, 0.3) is 5.91 Å². The molecule has 190 valence electrons. The van der Waals surface area contributed by atoms with E-state index in [-0.39, 0.29) is 24.6 Å². The van der Waals surface area contributed by atoms with Crippen LogP contribution in [0.5, 0.6) is 0 Å². The van der Waals surface area contributed by atoms with Gasteiger partial charge in [-0.2, -0.15) is 5.48 Å². The second kappa shape index (κ2) is 10.8. The second-order valence-corrected chi connectivity index (χ2v) is 10.7. The van der Waals surface area contributed by atoms with Crippen LogP contribution in [0.15, 0.2) is 53.4 Å². The first-order valence-corrected chi connectivity index (χ1v) is 13.6. The molecule has 1 aromatic heterocycles. The van der Waals surface area contributed by atoms with Crippen LogP contribution in [-0.2, 0) is 11.4 Å². The SMILES string of the molecule is Cc1ccc(C2C(C(O)NOCc3cscn3)c3ccccc3C(=O)N2C2CCCCC2N)c(C)c1. The van der Waals surface area contributed by atoms with Crippen molar-refractivity contribution in [3.8, 4) is 0 Å². The minimum atomic E-state index is -1.06. The number of amides is 1. The standard InChI is InChI=1S/C28H34N4O3S/c1-17-11-12-20(18(2)13-17)26-25(27(33)31-35-14-19-15-36-16-30-19)21-7-3-4-8-22(21)28(34)32(26)24-10-6-5-9-23(24)29/h3-4,7-8,11-13,15-16,23-27,31,33H,5-6,9-10,14,29H2,1-2H3. The van der Waals surface area contributed by atoms with Crippen molar-refractivity contribution in [1.29, 1.82) is 0 Å². The highest BCUT2D eigenvalue weighted by Gasteiger charge is 2.48. The Kier molecular flexibility index (Phi) is 7.50. The number of hydrogen-bond acceptors (Lipinski definition) is 7. The third-order valence-corrected chi connectivity index (χ3v) is 8.19. The Balaban J connectivity index is 1.58. The van der Waals surface area contributed by atoms with E-state index >= 15 is 0 Å². The first-order valence-electron chi connectivity index (χ1n) is 12.6. The van der Waals surface area contributed by atoms with E-state index < -0.39 is 18.2 Å². The second-order valence-electron chi connectivity index (χ2n) is 9.98. The fourth-order valence-electron chi connectivity index (χ4n) is 5.86. The van der Waals surface area contributed by atoms with Gasteiger partial charge in [0.2, 0.25) is 0 Å². The molecule has 4 N–H and O–H groups in total. The van der Waals surface area contributed by atoms with Crippen LogP contribution in [0.2, 0.25) is 0 Å². The number of carbonyl (C=O) groups excluding carboxylic acids is 1. The highest BCUT2D eigenvalue weighted by atomic mass is 32.1. The number of nitrogens with zero attached hydrogens (tertiary/aromatic N) is 2. The van der Waals surface area contributed by atoms with Crippen LogP contribution < -0.4 is 11.2 Å². The molecule has 0 radical (unpaired) electrons. The molecule has 36 heavy (non-hydrogen) atoms. The molecule has 1 saturated carbocycles. The smallest absolute Gasteiger partial charge is 0.254 e. The molecule has 0 saturated heterocycles. The van der Waals surface area contributed by atoms with Crippen molar-refractivity contribution in [3.05, 3.63) is 86.9 Å². The van der Waals surface area contributed by atoms with E-state index in [1.807, 2.05) is 34.5 Å². The topological polar surface area (TPSA) is 101 Å². The molecule has 5 atom stereocenters. The lowest BCUT2D eigenvalue weighted by Crippen LogP contribution is -2.58. The maximum Gasteiger partial charge on any atom is 0.254 e. The van der Waals surface area contributed by atoms with E-state index in [1.54, 1.807) is 5.51 Å². The van der Waals surface area contributed by atoms with Crippen LogP contribution in [0.3, 0.4) is 0 Å². The van der Waals surface area contributed by atoms with Crippen LogP contribution >= 0.6 is 11.3 Å². The average Bonchev–Trinajstić information content (AvgIpc) is 3.38. The summed E-state index contributed by atoms with van der Waals surface area (Å²) in [6.45, 7) is 4.37. The Morgan fingerprint density at radius 3 is 2.75 bits per heavy atom. The zero-order chi connectivity index (χ0) is 25.2. The van der Waals surface area contributed by atoms with Gasteiger partial charge in [-0.05, 0) is 49.4 Å². The van der Waals surface area contributed by atoms with Gasteiger partial charge >= 0.3 is 0 Å². The molecular formula is C28H34N4O3S. The molecular weight excluding hydrogens is 472 g/mol. The number of aliphatic hydroxyl groups is 1. The van der Waals surface area contributed by atoms with Crippen molar-refractivity contribution >= 4 is 17.2 Å². The fourth-order valence-corrected chi connectivity index (χ4v) is 6.40. The van der Waals surface area contributed by atoms with Gasteiger partial charge in [0.15, 0.2) is 0 Å². The molecule has 1 aliphatic carbocycles. The maximum atomic E-state index is 14.1. The minimum absolute atomic E-state index is 0.0234. The summed E-state index contributed by atoms with van der Waals surface area (Å²) in [5.41, 5.74) is 16.7. The lowest BCUT2D eigenvalue weighted by atomic mass is 9.75. The largest absolute Gasteiger partial charge is 0.376 e. The number of rotatable bonds is 7. The predicted molar refractivity (Wildman–Crippen MR) is 140 cm³/mol. The zero-order valence-electron chi connectivity index (χ0n) is 20.8.